The number of rotatable bonds is 11. The molecule has 3 aliphatic rings. The van der Waals surface area contributed by atoms with Gasteiger partial charge in [-0.15, -0.1) is 0 Å². The van der Waals surface area contributed by atoms with Gasteiger partial charge in [0.15, 0.2) is 0 Å². The molecule has 1 unspecified atom stereocenters. The van der Waals surface area contributed by atoms with Gasteiger partial charge in [0.25, 0.3) is 0 Å². The molecular formula is C37H50N6O3S. The van der Waals surface area contributed by atoms with Gasteiger partial charge in [-0.1, -0.05) is 37.6 Å². The fourth-order valence-electron chi connectivity index (χ4n) is 8.44. The molecule has 0 aliphatic carbocycles. The molecule has 9 nitrogen and oxygen atoms in total. The van der Waals surface area contributed by atoms with E-state index in [-0.39, 0.29) is 22.4 Å². The van der Waals surface area contributed by atoms with Crippen LogP contribution in [-0.2, 0) is 21.8 Å². The number of likely N-dealkylation sites (tertiary alicyclic amines) is 1. The topological polar surface area (TPSA) is 97.9 Å². The number of nitrogens with one attached hydrogen (secondary N) is 2. The molecule has 47 heavy (non-hydrogen) atoms. The molecule has 2 saturated heterocycles. The summed E-state index contributed by atoms with van der Waals surface area (Å²) in [6.07, 6.45) is 8.29. The first-order valence-electron chi connectivity index (χ1n) is 17.2. The van der Waals surface area contributed by atoms with Crippen molar-refractivity contribution in [3.8, 4) is 0 Å². The zero-order valence-electron chi connectivity index (χ0n) is 28.1. The summed E-state index contributed by atoms with van der Waals surface area (Å²) in [5.41, 5.74) is 3.99. The van der Waals surface area contributed by atoms with Crippen LogP contribution < -0.4 is 15.5 Å². The van der Waals surface area contributed by atoms with Gasteiger partial charge in [-0.3, -0.25) is 4.98 Å². The molecule has 6 rings (SSSR count). The number of pyridine rings is 1. The molecule has 2 aromatic carbocycles. The third kappa shape index (κ3) is 7.20. The van der Waals surface area contributed by atoms with Crippen molar-refractivity contribution in [1.82, 2.24) is 25.4 Å². The van der Waals surface area contributed by atoms with Crippen LogP contribution >= 0.6 is 0 Å². The maximum Gasteiger partial charge on any atom is 0.314 e. The number of piperidine rings is 1. The van der Waals surface area contributed by atoms with Crippen molar-refractivity contribution < 1.29 is 13.2 Å². The minimum atomic E-state index is -3.54. The van der Waals surface area contributed by atoms with Crippen LogP contribution in [0.4, 0.5) is 10.5 Å². The van der Waals surface area contributed by atoms with Crippen LogP contribution in [0.25, 0.3) is 0 Å². The molecule has 2 fully saturated rings. The second-order valence-corrected chi connectivity index (χ2v) is 15.9. The Bertz CT molecular complexity index is 1600. The lowest BCUT2D eigenvalue weighted by atomic mass is 9.60. The molecule has 3 aliphatic heterocycles. The van der Waals surface area contributed by atoms with Crippen LogP contribution in [0.1, 0.15) is 50.2 Å². The van der Waals surface area contributed by atoms with Crippen LogP contribution in [0.5, 0.6) is 0 Å². The van der Waals surface area contributed by atoms with Gasteiger partial charge in [-0.05, 0) is 99.3 Å². The van der Waals surface area contributed by atoms with Crippen molar-refractivity contribution in [1.29, 1.82) is 0 Å². The minimum absolute atomic E-state index is 0.000846. The lowest BCUT2D eigenvalue weighted by Gasteiger charge is -2.52. The summed E-state index contributed by atoms with van der Waals surface area (Å²) in [6.45, 7) is 9.46. The van der Waals surface area contributed by atoms with Crippen molar-refractivity contribution >= 4 is 21.6 Å². The van der Waals surface area contributed by atoms with Gasteiger partial charge in [-0.25, -0.2) is 13.2 Å². The summed E-state index contributed by atoms with van der Waals surface area (Å²) in [6, 6.07) is 19.4. The molecule has 0 radical (unpaired) electrons. The highest BCUT2D eigenvalue weighted by molar-refractivity contribution is 7.91. The van der Waals surface area contributed by atoms with Gasteiger partial charge < -0.3 is 25.3 Å². The highest BCUT2D eigenvalue weighted by Crippen LogP contribution is 2.47. The summed E-state index contributed by atoms with van der Waals surface area (Å²) in [5, 5.41) is 6.07. The Morgan fingerprint density at radius 3 is 2.36 bits per heavy atom. The molecule has 10 heteroatoms. The lowest BCUT2D eigenvalue weighted by Crippen LogP contribution is -2.56. The summed E-state index contributed by atoms with van der Waals surface area (Å²) in [7, 11) is 0.401. The molecule has 4 heterocycles. The number of likely N-dealkylation sites (N-methyl/N-ethyl adjacent to an activating group) is 1. The molecule has 2 N–H and O–H groups in total. The average molecular weight is 659 g/mol. The van der Waals surface area contributed by atoms with Gasteiger partial charge in [0.05, 0.1) is 9.79 Å². The molecule has 0 saturated carbocycles. The third-order valence-corrected chi connectivity index (χ3v) is 12.5. The standard InChI is InChI=1S/C37H50N6O3S/c1-4-7-31(40-36(44)38-2)22-37(27-41(3)26-29-8-5-6-9-35(29)37)30-16-20-42(21-17-30)23-28-24-43(25-28)32-10-12-33(13-11-32)47(45,46)34-14-18-39-19-15-34/h5-6,8-15,18-19,28,30-31H,4,7,16-17,20-27H2,1-3H3,(H2,38,40,44)/t31-,37?/m0/s1. The number of carbonyl (C=O) groups excluding carboxylic acids is 1. The van der Waals surface area contributed by atoms with Gasteiger partial charge in [-0.2, -0.15) is 0 Å². The van der Waals surface area contributed by atoms with Crippen LogP contribution in [0, 0.1) is 11.8 Å². The van der Waals surface area contributed by atoms with E-state index in [1.165, 1.54) is 35.7 Å². The maximum atomic E-state index is 13.0. The first-order chi connectivity index (χ1) is 22.7. The fourth-order valence-corrected chi connectivity index (χ4v) is 9.68. The number of hydrogen-bond acceptors (Lipinski definition) is 7. The number of benzene rings is 2. The highest BCUT2D eigenvalue weighted by atomic mass is 32.2. The smallest absolute Gasteiger partial charge is 0.314 e. The van der Waals surface area contributed by atoms with Crippen molar-refractivity contribution in [3.05, 3.63) is 84.2 Å². The number of anilines is 1. The van der Waals surface area contributed by atoms with Crippen LogP contribution in [0.3, 0.4) is 0 Å². The Morgan fingerprint density at radius 2 is 1.68 bits per heavy atom. The zero-order chi connectivity index (χ0) is 33.0. The molecule has 3 aromatic rings. The first-order valence-corrected chi connectivity index (χ1v) is 18.7. The van der Waals surface area contributed by atoms with E-state index in [2.05, 4.69) is 68.6 Å². The van der Waals surface area contributed by atoms with Crippen LogP contribution in [0.15, 0.2) is 82.8 Å². The lowest BCUT2D eigenvalue weighted by molar-refractivity contribution is 0.0655. The monoisotopic (exact) mass is 658 g/mol. The largest absolute Gasteiger partial charge is 0.371 e. The van der Waals surface area contributed by atoms with E-state index >= 15 is 0 Å². The molecule has 2 amide bonds. The van der Waals surface area contributed by atoms with Gasteiger partial charge in [0, 0.05) is 75.2 Å². The summed E-state index contributed by atoms with van der Waals surface area (Å²) in [5.74, 6) is 1.15. The quantitative estimate of drug-likeness (QED) is 0.302. The normalized spacial score (nSPS) is 21.9. The van der Waals surface area contributed by atoms with E-state index in [1.54, 1.807) is 19.2 Å². The number of urea groups is 1. The second-order valence-electron chi connectivity index (χ2n) is 13.9. The number of aromatic nitrogens is 1. The van der Waals surface area contributed by atoms with Crippen molar-refractivity contribution in [2.45, 2.75) is 66.8 Å². The van der Waals surface area contributed by atoms with Crippen LogP contribution in [-0.4, -0.2) is 88.6 Å². The molecule has 1 aromatic heterocycles. The molecule has 0 bridgehead atoms. The molecule has 0 spiro atoms. The average Bonchev–Trinajstić information content (AvgIpc) is 3.07. The predicted octanol–water partition coefficient (Wildman–Crippen LogP) is 4.93. The molecule has 252 valence electrons. The Morgan fingerprint density at radius 1 is 1.00 bits per heavy atom. The van der Waals surface area contributed by atoms with E-state index < -0.39 is 9.84 Å². The Labute approximate surface area is 280 Å². The van der Waals surface area contributed by atoms with E-state index in [9.17, 15) is 13.2 Å². The Balaban J connectivity index is 1.08. The van der Waals surface area contributed by atoms with E-state index in [1.807, 2.05) is 12.1 Å². The molecule has 2 atom stereocenters. The van der Waals surface area contributed by atoms with Gasteiger partial charge in [0.1, 0.15) is 0 Å². The number of amides is 2. The Kier molecular flexibility index (Phi) is 10.2. The minimum Gasteiger partial charge on any atom is -0.371 e. The Hall–Kier alpha value is -3.47. The maximum absolute atomic E-state index is 13.0. The summed E-state index contributed by atoms with van der Waals surface area (Å²) >= 11 is 0. The SMILES string of the molecule is CCC[C@@H](CC1(C2CCN(CC3CN(c4ccc(S(=O)(=O)c5ccncc5)cc4)C3)CC2)CN(C)Cc2ccccc21)NC(=O)NC. The summed E-state index contributed by atoms with van der Waals surface area (Å²) < 4.78 is 25.9. The van der Waals surface area contributed by atoms with Crippen molar-refractivity contribution in [2.75, 3.05) is 58.3 Å². The van der Waals surface area contributed by atoms with Crippen molar-refractivity contribution in [3.63, 3.8) is 0 Å². The predicted molar refractivity (Wildman–Crippen MR) is 186 cm³/mol. The number of carbonyl (C=O) groups is 1. The second kappa shape index (κ2) is 14.3. The van der Waals surface area contributed by atoms with E-state index in [4.69, 9.17) is 0 Å². The van der Waals surface area contributed by atoms with Gasteiger partial charge >= 0.3 is 6.03 Å². The summed E-state index contributed by atoms with van der Waals surface area (Å²) in [4.78, 5) is 24.5. The zero-order valence-corrected chi connectivity index (χ0v) is 28.9. The van der Waals surface area contributed by atoms with E-state index in [0.717, 1.165) is 83.6 Å². The highest BCUT2D eigenvalue weighted by Gasteiger charge is 2.47. The van der Waals surface area contributed by atoms with E-state index in [0.29, 0.717) is 16.7 Å². The fraction of sp³-hybridized carbons (Fsp3) is 0.514. The first kappa shape index (κ1) is 33.4. The van der Waals surface area contributed by atoms with Gasteiger partial charge in [0.2, 0.25) is 9.84 Å². The third-order valence-electron chi connectivity index (χ3n) is 10.7. The number of sulfone groups is 1. The van der Waals surface area contributed by atoms with Crippen molar-refractivity contribution in [2.24, 2.45) is 11.8 Å². The number of fused-ring (bicyclic) bond motifs is 1. The van der Waals surface area contributed by atoms with Crippen LogP contribution in [0.2, 0.25) is 0 Å². The number of hydrogen-bond donors (Lipinski definition) is 2. The number of nitrogens with zero attached hydrogens (tertiary/aromatic N) is 4. The molecular weight excluding hydrogens is 609 g/mol.